The average molecular weight is 356 g/mol. The zero-order valence-corrected chi connectivity index (χ0v) is 12.3. The van der Waals surface area contributed by atoms with E-state index in [-0.39, 0.29) is 5.56 Å². The first-order valence-corrected chi connectivity index (χ1v) is 6.54. The maximum absolute atomic E-state index is 12.0. The van der Waals surface area contributed by atoms with E-state index in [9.17, 15) is 4.79 Å². The van der Waals surface area contributed by atoms with Gasteiger partial charge in [-0.1, -0.05) is 12.1 Å². The quantitative estimate of drug-likeness (QED) is 0.793. The molecule has 0 N–H and O–H groups in total. The van der Waals surface area contributed by atoms with Crippen LogP contribution < -0.4 is 10.3 Å². The van der Waals surface area contributed by atoms with Gasteiger partial charge in [0.05, 0.1) is 29.2 Å². The highest BCUT2D eigenvalue weighted by atomic mass is 127. The zero-order chi connectivity index (χ0) is 13.1. The van der Waals surface area contributed by atoms with Crippen LogP contribution in [-0.4, -0.2) is 16.7 Å². The Kier molecular flexibility index (Phi) is 4.00. The van der Waals surface area contributed by atoms with Gasteiger partial charge in [-0.3, -0.25) is 9.36 Å². The lowest BCUT2D eigenvalue weighted by Gasteiger charge is -2.08. The van der Waals surface area contributed by atoms with Crippen LogP contribution in [0.25, 0.3) is 0 Å². The second-order valence-electron chi connectivity index (χ2n) is 3.93. The van der Waals surface area contributed by atoms with Gasteiger partial charge in [0.2, 0.25) is 0 Å². The Balaban J connectivity index is 2.34. The third kappa shape index (κ3) is 2.72. The molecule has 0 aliphatic heterocycles. The molecule has 18 heavy (non-hydrogen) atoms. The Bertz CT molecular complexity index is 623. The standard InChI is InChI=1S/C13H13IN2O2/c1-9-12(14)13(17)16(8-15-9)7-10-4-3-5-11(6-10)18-2/h3-6,8H,7H2,1-2H3. The van der Waals surface area contributed by atoms with Crippen LogP contribution in [0.1, 0.15) is 11.3 Å². The molecular weight excluding hydrogens is 343 g/mol. The summed E-state index contributed by atoms with van der Waals surface area (Å²) in [5, 5.41) is 0. The Hall–Kier alpha value is -1.37. The molecule has 1 heterocycles. The van der Waals surface area contributed by atoms with Gasteiger partial charge in [-0.2, -0.15) is 0 Å². The maximum Gasteiger partial charge on any atom is 0.267 e. The third-order valence-corrected chi connectivity index (χ3v) is 3.89. The summed E-state index contributed by atoms with van der Waals surface area (Å²) in [4.78, 5) is 16.2. The Morgan fingerprint density at radius 3 is 2.94 bits per heavy atom. The molecule has 0 unspecified atom stereocenters. The van der Waals surface area contributed by atoms with Crippen molar-refractivity contribution in [2.75, 3.05) is 7.11 Å². The molecule has 0 aliphatic rings. The van der Waals surface area contributed by atoms with Crippen molar-refractivity contribution in [3.8, 4) is 5.75 Å². The first kappa shape index (κ1) is 13.1. The normalized spacial score (nSPS) is 10.4. The van der Waals surface area contributed by atoms with Crippen molar-refractivity contribution in [3.05, 3.63) is 55.8 Å². The highest BCUT2D eigenvalue weighted by Gasteiger charge is 2.06. The number of rotatable bonds is 3. The van der Waals surface area contributed by atoms with Gasteiger partial charge in [0.1, 0.15) is 5.75 Å². The molecule has 0 radical (unpaired) electrons. The van der Waals surface area contributed by atoms with Crippen LogP contribution in [-0.2, 0) is 6.54 Å². The van der Waals surface area contributed by atoms with E-state index < -0.39 is 0 Å². The van der Waals surface area contributed by atoms with Gasteiger partial charge in [-0.15, -0.1) is 0 Å². The first-order chi connectivity index (χ1) is 8.61. The predicted octanol–water partition coefficient (Wildman–Crippen LogP) is 2.21. The van der Waals surface area contributed by atoms with E-state index in [4.69, 9.17) is 4.74 Å². The summed E-state index contributed by atoms with van der Waals surface area (Å²) in [5.41, 5.74) is 1.77. The summed E-state index contributed by atoms with van der Waals surface area (Å²) in [5.74, 6) is 0.787. The van der Waals surface area contributed by atoms with Gasteiger partial charge in [0.15, 0.2) is 0 Å². The van der Waals surface area contributed by atoms with E-state index in [1.807, 2.05) is 53.8 Å². The molecule has 0 amide bonds. The molecule has 94 valence electrons. The molecule has 0 saturated carbocycles. The summed E-state index contributed by atoms with van der Waals surface area (Å²) in [6.45, 7) is 2.33. The number of halogens is 1. The third-order valence-electron chi connectivity index (χ3n) is 2.64. The fraction of sp³-hybridized carbons (Fsp3) is 0.231. The molecule has 2 rings (SSSR count). The van der Waals surface area contributed by atoms with Crippen LogP contribution in [0.5, 0.6) is 5.75 Å². The number of aryl methyl sites for hydroxylation is 1. The molecule has 0 atom stereocenters. The topological polar surface area (TPSA) is 44.1 Å². The predicted molar refractivity (Wildman–Crippen MR) is 78.0 cm³/mol. The van der Waals surface area contributed by atoms with E-state index in [0.717, 1.165) is 17.0 Å². The number of hydrogen-bond acceptors (Lipinski definition) is 3. The lowest BCUT2D eigenvalue weighted by atomic mass is 10.2. The molecule has 4 nitrogen and oxygen atoms in total. The minimum atomic E-state index is -0.00841. The largest absolute Gasteiger partial charge is 0.497 e. The number of ether oxygens (including phenoxy) is 1. The van der Waals surface area contributed by atoms with Gasteiger partial charge >= 0.3 is 0 Å². The molecule has 0 saturated heterocycles. The van der Waals surface area contributed by atoms with E-state index in [2.05, 4.69) is 4.98 Å². The van der Waals surface area contributed by atoms with Gasteiger partial charge in [-0.05, 0) is 47.2 Å². The Labute approximate surface area is 119 Å². The number of hydrogen-bond donors (Lipinski definition) is 0. The highest BCUT2D eigenvalue weighted by Crippen LogP contribution is 2.13. The summed E-state index contributed by atoms with van der Waals surface area (Å²) >= 11 is 2.03. The summed E-state index contributed by atoms with van der Waals surface area (Å²) < 4.78 is 7.43. The second-order valence-corrected chi connectivity index (χ2v) is 5.01. The van der Waals surface area contributed by atoms with Crippen molar-refractivity contribution >= 4 is 22.6 Å². The monoisotopic (exact) mass is 356 g/mol. The maximum atomic E-state index is 12.0. The summed E-state index contributed by atoms with van der Waals surface area (Å²) in [6.07, 6.45) is 1.58. The van der Waals surface area contributed by atoms with Crippen molar-refractivity contribution in [2.24, 2.45) is 0 Å². The van der Waals surface area contributed by atoms with Gasteiger partial charge < -0.3 is 4.74 Å². The van der Waals surface area contributed by atoms with Gasteiger partial charge in [0.25, 0.3) is 5.56 Å². The van der Waals surface area contributed by atoms with Crippen LogP contribution in [0.3, 0.4) is 0 Å². The van der Waals surface area contributed by atoms with Gasteiger partial charge in [0, 0.05) is 0 Å². The summed E-state index contributed by atoms with van der Waals surface area (Å²) in [7, 11) is 1.63. The van der Waals surface area contributed by atoms with E-state index in [0.29, 0.717) is 10.1 Å². The van der Waals surface area contributed by atoms with Crippen molar-refractivity contribution < 1.29 is 4.74 Å². The number of methoxy groups -OCH3 is 1. The number of benzene rings is 1. The first-order valence-electron chi connectivity index (χ1n) is 5.46. The number of nitrogens with zero attached hydrogens (tertiary/aromatic N) is 2. The van der Waals surface area contributed by atoms with Crippen LogP contribution >= 0.6 is 22.6 Å². The summed E-state index contributed by atoms with van der Waals surface area (Å²) in [6, 6.07) is 7.66. The fourth-order valence-corrected chi connectivity index (χ4v) is 2.08. The van der Waals surface area contributed by atoms with Crippen molar-refractivity contribution in [1.82, 2.24) is 9.55 Å². The second kappa shape index (κ2) is 5.51. The molecule has 0 bridgehead atoms. The molecule has 2 aromatic rings. The van der Waals surface area contributed by atoms with Crippen LogP contribution in [0.2, 0.25) is 0 Å². The lowest BCUT2D eigenvalue weighted by Crippen LogP contribution is -2.24. The van der Waals surface area contributed by atoms with Crippen molar-refractivity contribution in [2.45, 2.75) is 13.5 Å². The molecule has 0 spiro atoms. The van der Waals surface area contributed by atoms with Crippen LogP contribution in [0.4, 0.5) is 0 Å². The highest BCUT2D eigenvalue weighted by molar-refractivity contribution is 14.1. The zero-order valence-electron chi connectivity index (χ0n) is 10.2. The average Bonchev–Trinajstić information content (AvgIpc) is 2.40. The molecular formula is C13H13IN2O2. The van der Waals surface area contributed by atoms with E-state index in [1.165, 1.54) is 0 Å². The fourth-order valence-electron chi connectivity index (χ4n) is 1.63. The molecule has 0 fully saturated rings. The Morgan fingerprint density at radius 2 is 2.22 bits per heavy atom. The molecule has 1 aromatic heterocycles. The van der Waals surface area contributed by atoms with Crippen LogP contribution in [0, 0.1) is 10.5 Å². The molecule has 0 aliphatic carbocycles. The molecule has 5 heteroatoms. The van der Waals surface area contributed by atoms with E-state index in [1.54, 1.807) is 18.0 Å². The Morgan fingerprint density at radius 1 is 1.44 bits per heavy atom. The van der Waals surface area contributed by atoms with Gasteiger partial charge in [-0.25, -0.2) is 4.98 Å². The minimum Gasteiger partial charge on any atom is -0.497 e. The SMILES string of the molecule is COc1cccc(Cn2cnc(C)c(I)c2=O)c1. The minimum absolute atomic E-state index is 0.00841. The van der Waals surface area contributed by atoms with Crippen molar-refractivity contribution in [1.29, 1.82) is 0 Å². The smallest absolute Gasteiger partial charge is 0.267 e. The lowest BCUT2D eigenvalue weighted by molar-refractivity contribution is 0.414. The van der Waals surface area contributed by atoms with Crippen LogP contribution in [0.15, 0.2) is 35.4 Å². The molecule has 1 aromatic carbocycles. The number of aromatic nitrogens is 2. The van der Waals surface area contributed by atoms with Crippen molar-refractivity contribution in [3.63, 3.8) is 0 Å². The van der Waals surface area contributed by atoms with E-state index >= 15 is 0 Å².